The lowest BCUT2D eigenvalue weighted by Gasteiger charge is -2.19. The van der Waals surface area contributed by atoms with Crippen LogP contribution in [0.25, 0.3) is 0 Å². The Bertz CT molecular complexity index is 987. The molecule has 1 unspecified atom stereocenters. The Labute approximate surface area is 185 Å². The van der Waals surface area contributed by atoms with Crippen molar-refractivity contribution in [1.82, 2.24) is 16.0 Å². The fourth-order valence-electron chi connectivity index (χ4n) is 3.07. The maximum absolute atomic E-state index is 12.9. The van der Waals surface area contributed by atoms with Crippen LogP contribution in [0.1, 0.15) is 47.4 Å². The molecule has 0 spiro atoms. The predicted octanol–water partition coefficient (Wildman–Crippen LogP) is 4.72. The standard InChI is InChI=1S/C24H26FN3O2S/c1-16(2)18-7-9-19(10-8-18)23(21-4-3-13-31-21)28-22(29)15-27-24(30)26-14-17-5-11-20(25)12-6-17/h3-13,16,23H,14-15H2,1-2H3,(H,28,29)(H2,26,27,30). The molecule has 1 heterocycles. The topological polar surface area (TPSA) is 70.2 Å². The molecule has 0 aliphatic rings. The number of carbonyl (C=O) groups is 2. The van der Waals surface area contributed by atoms with E-state index in [9.17, 15) is 14.0 Å². The predicted molar refractivity (Wildman–Crippen MR) is 121 cm³/mol. The van der Waals surface area contributed by atoms with Crippen molar-refractivity contribution < 1.29 is 14.0 Å². The van der Waals surface area contributed by atoms with Gasteiger partial charge in [-0.2, -0.15) is 0 Å². The Kier molecular flexibility index (Phi) is 7.78. The van der Waals surface area contributed by atoms with E-state index in [1.807, 2.05) is 29.6 Å². The van der Waals surface area contributed by atoms with E-state index in [1.54, 1.807) is 23.5 Å². The van der Waals surface area contributed by atoms with Gasteiger partial charge in [0, 0.05) is 11.4 Å². The number of hydrogen-bond donors (Lipinski definition) is 3. The van der Waals surface area contributed by atoms with Crippen LogP contribution < -0.4 is 16.0 Å². The second-order valence-corrected chi connectivity index (χ2v) is 8.48. The molecule has 0 aliphatic carbocycles. The lowest BCUT2D eigenvalue weighted by atomic mass is 9.98. The first-order chi connectivity index (χ1) is 14.9. The molecule has 0 saturated carbocycles. The van der Waals surface area contributed by atoms with Crippen molar-refractivity contribution in [3.05, 3.63) is 93.4 Å². The minimum absolute atomic E-state index is 0.152. The maximum atomic E-state index is 12.9. The monoisotopic (exact) mass is 439 g/mol. The van der Waals surface area contributed by atoms with Gasteiger partial charge >= 0.3 is 6.03 Å². The third-order valence-corrected chi connectivity index (χ3v) is 5.78. The number of rotatable bonds is 8. The molecule has 0 bridgehead atoms. The van der Waals surface area contributed by atoms with Crippen LogP contribution in [0.3, 0.4) is 0 Å². The van der Waals surface area contributed by atoms with E-state index in [0.29, 0.717) is 5.92 Å². The zero-order chi connectivity index (χ0) is 22.2. The number of halogens is 1. The molecule has 0 fully saturated rings. The number of hydrogen-bond acceptors (Lipinski definition) is 3. The Morgan fingerprint density at radius 2 is 1.61 bits per heavy atom. The summed E-state index contributed by atoms with van der Waals surface area (Å²) in [7, 11) is 0. The van der Waals surface area contributed by atoms with Crippen molar-refractivity contribution in [2.24, 2.45) is 0 Å². The normalized spacial score (nSPS) is 11.7. The average Bonchev–Trinajstić information content (AvgIpc) is 3.30. The van der Waals surface area contributed by atoms with Gasteiger partial charge in [-0.1, -0.05) is 56.3 Å². The molecule has 3 amide bonds. The van der Waals surface area contributed by atoms with Gasteiger partial charge in [-0.05, 0) is 46.2 Å². The van der Waals surface area contributed by atoms with Crippen molar-refractivity contribution in [3.63, 3.8) is 0 Å². The lowest BCUT2D eigenvalue weighted by Crippen LogP contribution is -2.42. The van der Waals surface area contributed by atoms with E-state index in [1.165, 1.54) is 17.7 Å². The van der Waals surface area contributed by atoms with E-state index in [0.717, 1.165) is 16.0 Å². The minimum atomic E-state index is -0.464. The van der Waals surface area contributed by atoms with Gasteiger partial charge in [0.1, 0.15) is 5.82 Å². The molecule has 3 N–H and O–H groups in total. The highest BCUT2D eigenvalue weighted by atomic mass is 32.1. The molecule has 162 valence electrons. The number of nitrogens with one attached hydrogen (secondary N) is 3. The number of urea groups is 1. The quantitative estimate of drug-likeness (QED) is 0.476. The van der Waals surface area contributed by atoms with Crippen LogP contribution in [0.5, 0.6) is 0 Å². The summed E-state index contributed by atoms with van der Waals surface area (Å²) in [4.78, 5) is 25.5. The summed E-state index contributed by atoms with van der Waals surface area (Å²) in [5.74, 6) is -0.186. The zero-order valence-electron chi connectivity index (χ0n) is 17.5. The molecule has 0 aliphatic heterocycles. The van der Waals surface area contributed by atoms with E-state index in [4.69, 9.17) is 0 Å². The summed E-state index contributed by atoms with van der Waals surface area (Å²) in [5, 5.41) is 10.2. The number of amides is 3. The molecular formula is C24H26FN3O2S. The van der Waals surface area contributed by atoms with Gasteiger partial charge in [-0.15, -0.1) is 11.3 Å². The highest BCUT2D eigenvalue weighted by molar-refractivity contribution is 7.10. The molecule has 2 aromatic carbocycles. The van der Waals surface area contributed by atoms with Crippen LogP contribution in [0.15, 0.2) is 66.0 Å². The van der Waals surface area contributed by atoms with E-state index >= 15 is 0 Å². The van der Waals surface area contributed by atoms with Gasteiger partial charge in [-0.25, -0.2) is 9.18 Å². The van der Waals surface area contributed by atoms with Gasteiger partial charge < -0.3 is 16.0 Å². The summed E-state index contributed by atoms with van der Waals surface area (Å²) in [6.45, 7) is 4.37. The van der Waals surface area contributed by atoms with Gasteiger partial charge in [0.05, 0.1) is 12.6 Å². The number of benzene rings is 2. The molecule has 5 nitrogen and oxygen atoms in total. The van der Waals surface area contributed by atoms with Crippen LogP contribution in [-0.2, 0) is 11.3 Å². The Hall–Kier alpha value is -3.19. The SMILES string of the molecule is CC(C)c1ccc(C(NC(=O)CNC(=O)NCc2ccc(F)cc2)c2cccs2)cc1. The van der Waals surface area contributed by atoms with Crippen molar-refractivity contribution in [1.29, 1.82) is 0 Å². The van der Waals surface area contributed by atoms with E-state index in [-0.39, 0.29) is 30.9 Å². The van der Waals surface area contributed by atoms with Crippen molar-refractivity contribution in [2.45, 2.75) is 32.4 Å². The molecular weight excluding hydrogens is 413 g/mol. The first-order valence-corrected chi connectivity index (χ1v) is 11.0. The van der Waals surface area contributed by atoms with Crippen molar-refractivity contribution in [3.8, 4) is 0 Å². The van der Waals surface area contributed by atoms with Gasteiger partial charge in [-0.3, -0.25) is 4.79 Å². The van der Waals surface area contributed by atoms with E-state index in [2.05, 4.69) is 41.9 Å². The van der Waals surface area contributed by atoms with Gasteiger partial charge in [0.2, 0.25) is 5.91 Å². The molecule has 0 saturated heterocycles. The highest BCUT2D eigenvalue weighted by Gasteiger charge is 2.18. The number of thiophene rings is 1. The van der Waals surface area contributed by atoms with Crippen LogP contribution >= 0.6 is 11.3 Å². The van der Waals surface area contributed by atoms with Crippen LogP contribution in [0, 0.1) is 5.82 Å². The molecule has 3 rings (SSSR count). The van der Waals surface area contributed by atoms with Crippen molar-refractivity contribution in [2.75, 3.05) is 6.54 Å². The van der Waals surface area contributed by atoms with Crippen LogP contribution in [0.4, 0.5) is 9.18 Å². The molecule has 1 aromatic heterocycles. The third-order valence-electron chi connectivity index (χ3n) is 4.85. The fourth-order valence-corrected chi connectivity index (χ4v) is 3.87. The lowest BCUT2D eigenvalue weighted by molar-refractivity contribution is -0.120. The second-order valence-electron chi connectivity index (χ2n) is 7.50. The molecule has 1 atom stereocenters. The molecule has 7 heteroatoms. The maximum Gasteiger partial charge on any atom is 0.315 e. The Morgan fingerprint density at radius 3 is 2.23 bits per heavy atom. The summed E-state index contributed by atoms with van der Waals surface area (Å²) in [5.41, 5.74) is 2.99. The Morgan fingerprint density at radius 1 is 0.935 bits per heavy atom. The first kappa shape index (κ1) is 22.5. The van der Waals surface area contributed by atoms with E-state index < -0.39 is 6.03 Å². The molecule has 31 heavy (non-hydrogen) atoms. The third kappa shape index (κ3) is 6.65. The summed E-state index contributed by atoms with van der Waals surface area (Å²) in [6.07, 6.45) is 0. The summed E-state index contributed by atoms with van der Waals surface area (Å²) >= 11 is 1.57. The highest BCUT2D eigenvalue weighted by Crippen LogP contribution is 2.27. The van der Waals surface area contributed by atoms with Gasteiger partial charge in [0.15, 0.2) is 0 Å². The van der Waals surface area contributed by atoms with Gasteiger partial charge in [0.25, 0.3) is 0 Å². The van der Waals surface area contributed by atoms with Crippen molar-refractivity contribution >= 4 is 23.3 Å². The van der Waals surface area contributed by atoms with Crippen LogP contribution in [0.2, 0.25) is 0 Å². The Balaban J connectivity index is 1.55. The van der Waals surface area contributed by atoms with Crippen LogP contribution in [-0.4, -0.2) is 18.5 Å². The first-order valence-electron chi connectivity index (χ1n) is 10.1. The smallest absolute Gasteiger partial charge is 0.315 e. The summed E-state index contributed by atoms with van der Waals surface area (Å²) < 4.78 is 12.9. The molecule has 3 aromatic rings. The zero-order valence-corrected chi connectivity index (χ0v) is 18.3. The minimum Gasteiger partial charge on any atom is -0.343 e. The largest absolute Gasteiger partial charge is 0.343 e. The average molecular weight is 440 g/mol. The second kappa shape index (κ2) is 10.7. The molecule has 0 radical (unpaired) electrons. The fraction of sp³-hybridized carbons (Fsp3) is 0.250. The summed E-state index contributed by atoms with van der Waals surface area (Å²) in [6, 6.07) is 17.3. The number of carbonyl (C=O) groups excluding carboxylic acids is 2.